The Balaban J connectivity index is 1.74. The molecule has 0 amide bonds. The Bertz CT molecular complexity index is 132. The third-order valence-corrected chi connectivity index (χ3v) is 3.95. The van der Waals surface area contributed by atoms with E-state index in [0.717, 1.165) is 17.8 Å². The molecule has 1 heteroatoms. The van der Waals surface area contributed by atoms with Gasteiger partial charge in [0.1, 0.15) is 0 Å². The van der Waals surface area contributed by atoms with E-state index in [1.165, 1.54) is 45.2 Å². The SMILES string of the molecule is CCC1CCC(C2CNC2)CC1. The lowest BCUT2D eigenvalue weighted by atomic mass is 9.73. The molecule has 1 N–H and O–H groups in total. The zero-order valence-corrected chi connectivity index (χ0v) is 8.18. The highest BCUT2D eigenvalue weighted by molar-refractivity contribution is 4.84. The number of nitrogens with one attached hydrogen (secondary N) is 1. The zero-order chi connectivity index (χ0) is 8.39. The first-order valence-electron chi connectivity index (χ1n) is 5.61. The molecule has 0 radical (unpaired) electrons. The Hall–Kier alpha value is -0.0400. The highest BCUT2D eigenvalue weighted by Gasteiger charge is 2.30. The maximum absolute atomic E-state index is 3.38. The van der Waals surface area contributed by atoms with E-state index in [-0.39, 0.29) is 0 Å². The first-order chi connectivity index (χ1) is 5.90. The molecule has 0 aromatic carbocycles. The van der Waals surface area contributed by atoms with Gasteiger partial charge in [-0.3, -0.25) is 0 Å². The molecule has 1 aliphatic carbocycles. The minimum absolute atomic E-state index is 1.04. The van der Waals surface area contributed by atoms with Crippen LogP contribution in [0.1, 0.15) is 39.0 Å². The molecule has 0 aromatic rings. The lowest BCUT2D eigenvalue weighted by molar-refractivity contribution is 0.156. The lowest BCUT2D eigenvalue weighted by Crippen LogP contribution is -2.46. The summed E-state index contributed by atoms with van der Waals surface area (Å²) in [6.07, 6.45) is 7.47. The molecule has 70 valence electrons. The van der Waals surface area contributed by atoms with Crippen molar-refractivity contribution in [3.05, 3.63) is 0 Å². The predicted octanol–water partition coefficient (Wildman–Crippen LogP) is 2.42. The third-order valence-electron chi connectivity index (χ3n) is 3.95. The molecule has 1 aliphatic heterocycles. The second-order valence-corrected chi connectivity index (χ2v) is 4.61. The van der Waals surface area contributed by atoms with Gasteiger partial charge in [0.05, 0.1) is 0 Å². The van der Waals surface area contributed by atoms with Crippen molar-refractivity contribution in [1.29, 1.82) is 0 Å². The second kappa shape index (κ2) is 3.78. The standard InChI is InChI=1S/C11H21N/c1-2-9-3-5-10(6-4-9)11-7-12-8-11/h9-12H,2-8H2,1H3. The summed E-state index contributed by atoms with van der Waals surface area (Å²) in [7, 11) is 0. The van der Waals surface area contributed by atoms with Gasteiger partial charge in [-0.2, -0.15) is 0 Å². The third kappa shape index (κ3) is 1.66. The van der Waals surface area contributed by atoms with Gasteiger partial charge >= 0.3 is 0 Å². The van der Waals surface area contributed by atoms with E-state index < -0.39 is 0 Å². The molecule has 0 aromatic heterocycles. The molecular weight excluding hydrogens is 146 g/mol. The Labute approximate surface area is 75.9 Å². The van der Waals surface area contributed by atoms with E-state index >= 15 is 0 Å². The molecule has 0 unspecified atom stereocenters. The van der Waals surface area contributed by atoms with Gasteiger partial charge in [-0.25, -0.2) is 0 Å². The Morgan fingerprint density at radius 3 is 2.08 bits per heavy atom. The quantitative estimate of drug-likeness (QED) is 0.666. The average molecular weight is 167 g/mol. The van der Waals surface area contributed by atoms with Crippen molar-refractivity contribution in [3.8, 4) is 0 Å². The average Bonchev–Trinajstić information content (AvgIpc) is 2.03. The van der Waals surface area contributed by atoms with Crippen LogP contribution in [0.2, 0.25) is 0 Å². The smallest absolute Gasteiger partial charge is 0.000559 e. The van der Waals surface area contributed by atoms with Crippen molar-refractivity contribution in [2.45, 2.75) is 39.0 Å². The van der Waals surface area contributed by atoms with Crippen molar-refractivity contribution in [2.24, 2.45) is 17.8 Å². The van der Waals surface area contributed by atoms with Crippen LogP contribution in [0.5, 0.6) is 0 Å². The van der Waals surface area contributed by atoms with Crippen LogP contribution in [0, 0.1) is 17.8 Å². The molecule has 1 saturated heterocycles. The van der Waals surface area contributed by atoms with Gasteiger partial charge in [0, 0.05) is 0 Å². The molecule has 2 aliphatic rings. The van der Waals surface area contributed by atoms with Crippen LogP contribution in [-0.2, 0) is 0 Å². The van der Waals surface area contributed by atoms with Crippen LogP contribution >= 0.6 is 0 Å². The van der Waals surface area contributed by atoms with Crippen LogP contribution in [0.15, 0.2) is 0 Å². The summed E-state index contributed by atoms with van der Waals surface area (Å²) in [6.45, 7) is 4.96. The summed E-state index contributed by atoms with van der Waals surface area (Å²) in [4.78, 5) is 0. The maximum atomic E-state index is 3.38. The Kier molecular flexibility index (Phi) is 2.69. The second-order valence-electron chi connectivity index (χ2n) is 4.61. The molecule has 0 atom stereocenters. The summed E-state index contributed by atoms with van der Waals surface area (Å²) in [5.74, 6) is 3.19. The van der Waals surface area contributed by atoms with Gasteiger partial charge in [0.2, 0.25) is 0 Å². The van der Waals surface area contributed by atoms with Gasteiger partial charge in [0.25, 0.3) is 0 Å². The van der Waals surface area contributed by atoms with Gasteiger partial charge in [-0.15, -0.1) is 0 Å². The summed E-state index contributed by atoms with van der Waals surface area (Å²) >= 11 is 0. The fourth-order valence-electron chi connectivity index (χ4n) is 2.71. The highest BCUT2D eigenvalue weighted by Crippen LogP contribution is 2.35. The van der Waals surface area contributed by atoms with E-state index in [0.29, 0.717) is 0 Å². The van der Waals surface area contributed by atoms with Crippen molar-refractivity contribution < 1.29 is 0 Å². The van der Waals surface area contributed by atoms with E-state index in [1.54, 1.807) is 0 Å². The molecule has 12 heavy (non-hydrogen) atoms. The van der Waals surface area contributed by atoms with E-state index in [2.05, 4.69) is 12.2 Å². The minimum atomic E-state index is 1.04. The minimum Gasteiger partial charge on any atom is -0.316 e. The lowest BCUT2D eigenvalue weighted by Gasteiger charge is -2.38. The summed E-state index contributed by atoms with van der Waals surface area (Å²) in [5, 5.41) is 3.38. The van der Waals surface area contributed by atoms with Crippen LogP contribution in [0.3, 0.4) is 0 Å². The molecule has 2 rings (SSSR count). The largest absolute Gasteiger partial charge is 0.316 e. The van der Waals surface area contributed by atoms with Gasteiger partial charge in [-0.1, -0.05) is 26.2 Å². The molecule has 0 spiro atoms. The van der Waals surface area contributed by atoms with Crippen LogP contribution < -0.4 is 5.32 Å². The van der Waals surface area contributed by atoms with E-state index in [9.17, 15) is 0 Å². The first kappa shape index (κ1) is 8.55. The van der Waals surface area contributed by atoms with Gasteiger partial charge in [-0.05, 0) is 43.7 Å². The first-order valence-corrected chi connectivity index (χ1v) is 5.61. The van der Waals surface area contributed by atoms with Crippen LogP contribution in [0.25, 0.3) is 0 Å². The van der Waals surface area contributed by atoms with Crippen molar-refractivity contribution in [1.82, 2.24) is 5.32 Å². The molecule has 1 saturated carbocycles. The summed E-state index contributed by atoms with van der Waals surface area (Å²) < 4.78 is 0. The summed E-state index contributed by atoms with van der Waals surface area (Å²) in [6, 6.07) is 0. The predicted molar refractivity (Wildman–Crippen MR) is 52.1 cm³/mol. The topological polar surface area (TPSA) is 12.0 Å². The molecular formula is C11H21N. The highest BCUT2D eigenvalue weighted by atomic mass is 14.9. The maximum Gasteiger partial charge on any atom is -0.000559 e. The monoisotopic (exact) mass is 167 g/mol. The number of rotatable bonds is 2. The van der Waals surface area contributed by atoms with Crippen molar-refractivity contribution in [2.75, 3.05) is 13.1 Å². The molecule has 0 bridgehead atoms. The van der Waals surface area contributed by atoms with E-state index in [4.69, 9.17) is 0 Å². The molecule has 2 fully saturated rings. The van der Waals surface area contributed by atoms with Crippen LogP contribution in [0.4, 0.5) is 0 Å². The fourth-order valence-corrected chi connectivity index (χ4v) is 2.71. The van der Waals surface area contributed by atoms with Crippen molar-refractivity contribution in [3.63, 3.8) is 0 Å². The number of hydrogen-bond donors (Lipinski definition) is 1. The number of hydrogen-bond acceptors (Lipinski definition) is 1. The van der Waals surface area contributed by atoms with Gasteiger partial charge < -0.3 is 5.32 Å². The summed E-state index contributed by atoms with van der Waals surface area (Å²) in [5.41, 5.74) is 0. The molecule has 1 heterocycles. The Morgan fingerprint density at radius 1 is 1.00 bits per heavy atom. The fraction of sp³-hybridized carbons (Fsp3) is 1.00. The molecule has 1 nitrogen and oxygen atoms in total. The van der Waals surface area contributed by atoms with Crippen molar-refractivity contribution >= 4 is 0 Å². The normalized spacial score (nSPS) is 37.8. The Morgan fingerprint density at radius 2 is 1.67 bits per heavy atom. The zero-order valence-electron chi connectivity index (χ0n) is 8.18. The van der Waals surface area contributed by atoms with Crippen LogP contribution in [-0.4, -0.2) is 13.1 Å². The van der Waals surface area contributed by atoms with Gasteiger partial charge in [0.15, 0.2) is 0 Å². The van der Waals surface area contributed by atoms with E-state index in [1.807, 2.05) is 0 Å².